The minimum atomic E-state index is -0.467. The van der Waals surface area contributed by atoms with E-state index in [0.29, 0.717) is 18.1 Å². The number of rotatable bonds is 6. The number of aromatic nitrogens is 2. The van der Waals surface area contributed by atoms with Gasteiger partial charge in [-0.3, -0.25) is 0 Å². The molecule has 0 fully saturated rings. The highest BCUT2D eigenvalue weighted by atomic mass is 16.5. The Morgan fingerprint density at radius 1 is 0.906 bits per heavy atom. The molecule has 0 N–H and O–H groups in total. The first-order valence-corrected chi connectivity index (χ1v) is 10.3. The van der Waals surface area contributed by atoms with Crippen molar-refractivity contribution in [1.82, 2.24) is 9.55 Å². The van der Waals surface area contributed by atoms with Gasteiger partial charge in [0.1, 0.15) is 17.3 Å². The summed E-state index contributed by atoms with van der Waals surface area (Å²) >= 11 is 0. The van der Waals surface area contributed by atoms with Crippen molar-refractivity contribution in [2.45, 2.75) is 6.54 Å². The van der Waals surface area contributed by atoms with E-state index in [-0.39, 0.29) is 0 Å². The lowest BCUT2D eigenvalue weighted by Gasteiger charge is -2.10. The molecule has 0 atom stereocenters. The summed E-state index contributed by atoms with van der Waals surface area (Å²) in [7, 11) is 0. The molecule has 0 bridgehead atoms. The van der Waals surface area contributed by atoms with E-state index in [1.165, 1.54) is 11.6 Å². The Bertz CT molecular complexity index is 1370. The molecule has 5 heteroatoms. The van der Waals surface area contributed by atoms with Crippen LogP contribution in [0.3, 0.4) is 0 Å². The van der Waals surface area contributed by atoms with Crippen LogP contribution in [0.5, 0.6) is 5.75 Å². The van der Waals surface area contributed by atoms with E-state index in [1.54, 1.807) is 36.6 Å². The standard InChI is InChI=1S/C27H20N2O3/c30-26(17-16-22-9-6-18-31-22)32-23-14-12-21(13-15-23)27-28-24-10-4-5-11-25(24)29(27)19-20-7-2-1-3-8-20/h1-18H,19H2/b17-16+. The predicted octanol–water partition coefficient (Wildman–Crippen LogP) is 5.96. The molecule has 3 aromatic carbocycles. The summed E-state index contributed by atoms with van der Waals surface area (Å²) in [5.74, 6) is 1.46. The Kier molecular flexibility index (Phi) is 5.37. The maximum absolute atomic E-state index is 12.1. The summed E-state index contributed by atoms with van der Waals surface area (Å²) in [6, 6.07) is 29.3. The molecule has 156 valence electrons. The minimum absolute atomic E-state index is 0.466. The number of carbonyl (C=O) groups excluding carboxylic acids is 1. The van der Waals surface area contributed by atoms with Crippen molar-refractivity contribution in [3.8, 4) is 17.1 Å². The zero-order valence-corrected chi connectivity index (χ0v) is 17.2. The quantitative estimate of drug-likeness (QED) is 0.193. The van der Waals surface area contributed by atoms with Crippen molar-refractivity contribution in [2.24, 2.45) is 0 Å². The molecule has 2 heterocycles. The highest BCUT2D eigenvalue weighted by molar-refractivity contribution is 5.88. The van der Waals surface area contributed by atoms with Crippen LogP contribution in [0.25, 0.3) is 28.5 Å². The molecule has 0 spiro atoms. The SMILES string of the molecule is O=C(/C=C/c1ccco1)Oc1ccc(-c2nc3ccccc3n2Cc2ccccc2)cc1. The number of hydrogen-bond acceptors (Lipinski definition) is 4. The van der Waals surface area contributed by atoms with Crippen LogP contribution in [0.15, 0.2) is 108 Å². The van der Waals surface area contributed by atoms with Gasteiger partial charge in [-0.05, 0) is 60.2 Å². The molecule has 0 unspecified atom stereocenters. The van der Waals surface area contributed by atoms with Crippen LogP contribution >= 0.6 is 0 Å². The molecule has 0 saturated heterocycles. The summed E-state index contributed by atoms with van der Waals surface area (Å²) in [5.41, 5.74) is 4.16. The lowest BCUT2D eigenvalue weighted by molar-refractivity contribution is -0.128. The Balaban J connectivity index is 1.40. The second-order valence-corrected chi connectivity index (χ2v) is 7.29. The van der Waals surface area contributed by atoms with E-state index >= 15 is 0 Å². The maximum atomic E-state index is 12.1. The van der Waals surface area contributed by atoms with Crippen LogP contribution < -0.4 is 4.74 Å². The number of para-hydroxylation sites is 2. The van der Waals surface area contributed by atoms with Gasteiger partial charge in [-0.25, -0.2) is 9.78 Å². The third kappa shape index (κ3) is 4.23. The van der Waals surface area contributed by atoms with Crippen LogP contribution in [0.4, 0.5) is 0 Å². The van der Waals surface area contributed by atoms with E-state index in [1.807, 2.05) is 48.5 Å². The van der Waals surface area contributed by atoms with Gasteiger partial charge in [0.2, 0.25) is 0 Å². The molecule has 0 aliphatic carbocycles. The Morgan fingerprint density at radius 2 is 1.69 bits per heavy atom. The third-order valence-electron chi connectivity index (χ3n) is 5.10. The third-order valence-corrected chi connectivity index (χ3v) is 5.10. The smallest absolute Gasteiger partial charge is 0.336 e. The highest BCUT2D eigenvalue weighted by Crippen LogP contribution is 2.27. The normalized spacial score (nSPS) is 11.2. The Labute approximate surface area is 185 Å². The molecule has 5 nitrogen and oxygen atoms in total. The van der Waals surface area contributed by atoms with Crippen LogP contribution in [0.2, 0.25) is 0 Å². The first kappa shape index (κ1) is 19.6. The fourth-order valence-electron chi connectivity index (χ4n) is 3.58. The van der Waals surface area contributed by atoms with Gasteiger partial charge in [-0.2, -0.15) is 0 Å². The number of nitrogens with zero attached hydrogens (tertiary/aromatic N) is 2. The summed E-state index contributed by atoms with van der Waals surface area (Å²) in [5, 5.41) is 0. The van der Waals surface area contributed by atoms with Crippen LogP contribution in [0.1, 0.15) is 11.3 Å². The summed E-state index contributed by atoms with van der Waals surface area (Å²) in [6.07, 6.45) is 4.46. The first-order chi connectivity index (χ1) is 15.8. The number of benzene rings is 3. The van der Waals surface area contributed by atoms with E-state index < -0.39 is 5.97 Å². The van der Waals surface area contributed by atoms with Crippen molar-refractivity contribution in [2.75, 3.05) is 0 Å². The first-order valence-electron chi connectivity index (χ1n) is 10.3. The number of ether oxygens (including phenoxy) is 1. The molecular weight excluding hydrogens is 400 g/mol. The second-order valence-electron chi connectivity index (χ2n) is 7.29. The largest absolute Gasteiger partial charge is 0.465 e. The van der Waals surface area contributed by atoms with Gasteiger partial charge in [-0.15, -0.1) is 0 Å². The molecule has 0 amide bonds. The highest BCUT2D eigenvalue weighted by Gasteiger charge is 2.13. The molecule has 5 aromatic rings. The summed E-state index contributed by atoms with van der Waals surface area (Å²) < 4.78 is 12.8. The lowest BCUT2D eigenvalue weighted by Crippen LogP contribution is -2.04. The van der Waals surface area contributed by atoms with Gasteiger partial charge in [0.15, 0.2) is 0 Å². The van der Waals surface area contributed by atoms with E-state index in [0.717, 1.165) is 22.4 Å². The number of fused-ring (bicyclic) bond motifs is 1. The van der Waals surface area contributed by atoms with Gasteiger partial charge in [0, 0.05) is 18.2 Å². The van der Waals surface area contributed by atoms with Gasteiger partial charge in [0.25, 0.3) is 0 Å². The zero-order valence-electron chi connectivity index (χ0n) is 17.2. The lowest BCUT2D eigenvalue weighted by atomic mass is 10.2. The number of furan rings is 1. The Hall–Kier alpha value is -4.38. The molecule has 0 aliphatic heterocycles. The fourth-order valence-corrected chi connectivity index (χ4v) is 3.58. The Morgan fingerprint density at radius 3 is 2.47 bits per heavy atom. The second kappa shape index (κ2) is 8.78. The van der Waals surface area contributed by atoms with Gasteiger partial charge >= 0.3 is 5.97 Å². The number of esters is 1. The average Bonchev–Trinajstić information content (AvgIpc) is 3.47. The molecule has 0 aliphatic rings. The molecule has 2 aromatic heterocycles. The molecular formula is C27H20N2O3. The zero-order chi connectivity index (χ0) is 21.8. The minimum Gasteiger partial charge on any atom is -0.465 e. The van der Waals surface area contributed by atoms with E-state index in [9.17, 15) is 4.79 Å². The summed E-state index contributed by atoms with van der Waals surface area (Å²) in [4.78, 5) is 16.9. The maximum Gasteiger partial charge on any atom is 0.336 e. The average molecular weight is 420 g/mol. The van der Waals surface area contributed by atoms with Crippen LogP contribution in [-0.4, -0.2) is 15.5 Å². The fraction of sp³-hybridized carbons (Fsp3) is 0.0370. The van der Waals surface area contributed by atoms with Crippen molar-refractivity contribution in [3.63, 3.8) is 0 Å². The van der Waals surface area contributed by atoms with Crippen molar-refractivity contribution < 1.29 is 13.9 Å². The number of carbonyl (C=O) groups is 1. The van der Waals surface area contributed by atoms with Gasteiger partial charge in [-0.1, -0.05) is 42.5 Å². The predicted molar refractivity (Wildman–Crippen MR) is 124 cm³/mol. The van der Waals surface area contributed by atoms with E-state index in [4.69, 9.17) is 14.1 Å². The van der Waals surface area contributed by atoms with Crippen LogP contribution in [0, 0.1) is 0 Å². The molecule has 0 saturated carbocycles. The number of hydrogen-bond donors (Lipinski definition) is 0. The van der Waals surface area contributed by atoms with Gasteiger partial charge < -0.3 is 13.7 Å². The number of imidazole rings is 1. The van der Waals surface area contributed by atoms with Crippen molar-refractivity contribution in [3.05, 3.63) is 115 Å². The van der Waals surface area contributed by atoms with Crippen LogP contribution in [-0.2, 0) is 11.3 Å². The van der Waals surface area contributed by atoms with Gasteiger partial charge in [0.05, 0.1) is 17.3 Å². The topological polar surface area (TPSA) is 57.3 Å². The van der Waals surface area contributed by atoms with E-state index in [2.05, 4.69) is 22.8 Å². The molecule has 0 radical (unpaired) electrons. The monoisotopic (exact) mass is 420 g/mol. The molecule has 32 heavy (non-hydrogen) atoms. The molecule has 5 rings (SSSR count). The summed E-state index contributed by atoms with van der Waals surface area (Å²) in [6.45, 7) is 0.713. The van der Waals surface area contributed by atoms with Crippen molar-refractivity contribution >= 4 is 23.1 Å². The van der Waals surface area contributed by atoms with Crippen molar-refractivity contribution in [1.29, 1.82) is 0 Å².